The third-order valence-corrected chi connectivity index (χ3v) is 3.33. The minimum absolute atomic E-state index is 0.244. The van der Waals surface area contributed by atoms with Crippen molar-refractivity contribution in [2.24, 2.45) is 0 Å². The molecule has 1 atom stereocenters. The molecule has 20 heavy (non-hydrogen) atoms. The van der Waals surface area contributed by atoms with Crippen molar-refractivity contribution in [3.05, 3.63) is 40.6 Å². The van der Waals surface area contributed by atoms with Crippen molar-refractivity contribution in [1.29, 1.82) is 0 Å². The van der Waals surface area contributed by atoms with Crippen molar-refractivity contribution in [1.82, 2.24) is 19.7 Å². The molecule has 0 radical (unpaired) electrons. The lowest BCUT2D eigenvalue weighted by atomic mass is 10.3. The van der Waals surface area contributed by atoms with Crippen molar-refractivity contribution in [2.45, 2.75) is 25.8 Å². The summed E-state index contributed by atoms with van der Waals surface area (Å²) in [6.45, 7) is 4.23. The topological polar surface area (TPSA) is 56.7 Å². The van der Waals surface area contributed by atoms with Crippen LogP contribution in [0.3, 0.4) is 0 Å². The molecule has 3 aromatic rings. The van der Waals surface area contributed by atoms with Gasteiger partial charge in [0.2, 0.25) is 0 Å². The number of halogens is 2. The third kappa shape index (κ3) is 2.39. The highest BCUT2D eigenvalue weighted by Crippen LogP contribution is 2.26. The molecule has 3 rings (SSSR count). The summed E-state index contributed by atoms with van der Waals surface area (Å²) in [4.78, 5) is 8.83. The Balaban J connectivity index is 2.13. The second kappa shape index (κ2) is 5.07. The fraction of sp³-hybridized carbons (Fsp3) is 0.308. The molecule has 5 nitrogen and oxygen atoms in total. The molecule has 0 saturated heterocycles. The Bertz CT molecular complexity index is 763. The standard InChI is InChI=1S/C13H12Cl2N4O/c1-7-3-10(20-18-7)6-19-12(8(2)14)17-11-4-9(15)5-16-13(11)19/h3-5,8H,6H2,1-2H3. The Hall–Kier alpha value is -1.59. The fourth-order valence-electron chi connectivity index (χ4n) is 2.11. The molecule has 0 aromatic carbocycles. The van der Waals surface area contributed by atoms with E-state index in [1.807, 2.05) is 24.5 Å². The van der Waals surface area contributed by atoms with Gasteiger partial charge >= 0.3 is 0 Å². The van der Waals surface area contributed by atoms with Gasteiger partial charge in [-0.05, 0) is 19.9 Å². The van der Waals surface area contributed by atoms with Gasteiger partial charge in [-0.1, -0.05) is 16.8 Å². The first kappa shape index (κ1) is 13.4. The molecule has 1 unspecified atom stereocenters. The monoisotopic (exact) mass is 310 g/mol. The minimum atomic E-state index is -0.244. The number of aryl methyl sites for hydroxylation is 1. The summed E-state index contributed by atoms with van der Waals surface area (Å²) in [5.74, 6) is 1.46. The predicted octanol–water partition coefficient (Wildman–Crippen LogP) is 3.73. The Morgan fingerprint density at radius 2 is 2.20 bits per heavy atom. The van der Waals surface area contributed by atoms with Crippen LogP contribution in [-0.2, 0) is 6.54 Å². The summed E-state index contributed by atoms with van der Waals surface area (Å²) in [7, 11) is 0. The predicted molar refractivity (Wildman–Crippen MR) is 77.1 cm³/mol. The zero-order chi connectivity index (χ0) is 14.3. The number of pyridine rings is 1. The molecule has 0 fully saturated rings. The summed E-state index contributed by atoms with van der Waals surface area (Å²) in [5, 5.41) is 4.19. The molecule has 0 amide bonds. The van der Waals surface area contributed by atoms with Crippen LogP contribution in [0.25, 0.3) is 11.2 Å². The second-order valence-electron chi connectivity index (χ2n) is 4.60. The van der Waals surface area contributed by atoms with Crippen LogP contribution in [0, 0.1) is 6.92 Å². The summed E-state index contributed by atoms with van der Waals surface area (Å²) in [6, 6.07) is 3.65. The van der Waals surface area contributed by atoms with Gasteiger partial charge in [-0.15, -0.1) is 11.6 Å². The first-order chi connectivity index (χ1) is 9.54. The van der Waals surface area contributed by atoms with Gasteiger partial charge in [0.05, 0.1) is 22.6 Å². The van der Waals surface area contributed by atoms with E-state index in [1.165, 1.54) is 0 Å². The van der Waals surface area contributed by atoms with Crippen LogP contribution < -0.4 is 0 Å². The number of aromatic nitrogens is 4. The van der Waals surface area contributed by atoms with Crippen LogP contribution >= 0.6 is 23.2 Å². The quantitative estimate of drug-likeness (QED) is 0.692. The van der Waals surface area contributed by atoms with Crippen LogP contribution in [0.5, 0.6) is 0 Å². The van der Waals surface area contributed by atoms with Gasteiger partial charge in [0, 0.05) is 12.3 Å². The first-order valence-corrected chi connectivity index (χ1v) is 6.94. The molecule has 3 aromatic heterocycles. The molecule has 0 saturated carbocycles. The van der Waals surface area contributed by atoms with Crippen LogP contribution in [0.2, 0.25) is 5.02 Å². The number of imidazole rings is 1. The average Bonchev–Trinajstić information content (AvgIpc) is 2.94. The van der Waals surface area contributed by atoms with Crippen molar-refractivity contribution >= 4 is 34.4 Å². The van der Waals surface area contributed by atoms with Gasteiger partial charge in [0.25, 0.3) is 0 Å². The number of rotatable bonds is 3. The minimum Gasteiger partial charge on any atom is -0.359 e. The summed E-state index contributed by atoms with van der Waals surface area (Å²) in [5.41, 5.74) is 2.28. The average molecular weight is 311 g/mol. The Morgan fingerprint density at radius 1 is 1.40 bits per heavy atom. The number of fused-ring (bicyclic) bond motifs is 1. The van der Waals surface area contributed by atoms with Gasteiger partial charge in [0.1, 0.15) is 11.3 Å². The van der Waals surface area contributed by atoms with Crippen molar-refractivity contribution in [3.63, 3.8) is 0 Å². The van der Waals surface area contributed by atoms with Crippen LogP contribution in [0.4, 0.5) is 0 Å². The zero-order valence-corrected chi connectivity index (χ0v) is 12.5. The normalized spacial score (nSPS) is 13.0. The van der Waals surface area contributed by atoms with Crippen molar-refractivity contribution in [2.75, 3.05) is 0 Å². The highest BCUT2D eigenvalue weighted by atomic mass is 35.5. The first-order valence-electron chi connectivity index (χ1n) is 6.12. The van der Waals surface area contributed by atoms with E-state index in [1.54, 1.807) is 12.3 Å². The van der Waals surface area contributed by atoms with E-state index in [2.05, 4.69) is 15.1 Å². The summed E-state index contributed by atoms with van der Waals surface area (Å²) in [6.07, 6.45) is 1.59. The van der Waals surface area contributed by atoms with Gasteiger partial charge < -0.3 is 9.09 Å². The molecule has 0 aliphatic heterocycles. The van der Waals surface area contributed by atoms with E-state index in [4.69, 9.17) is 27.7 Å². The van der Waals surface area contributed by atoms with E-state index >= 15 is 0 Å². The maximum atomic E-state index is 6.20. The van der Waals surface area contributed by atoms with Gasteiger partial charge in [0.15, 0.2) is 11.4 Å². The molecule has 0 spiro atoms. The van der Waals surface area contributed by atoms with Crippen LogP contribution in [0.1, 0.15) is 29.6 Å². The van der Waals surface area contributed by atoms with Crippen LogP contribution in [-0.4, -0.2) is 19.7 Å². The maximum absolute atomic E-state index is 6.20. The maximum Gasteiger partial charge on any atom is 0.160 e. The van der Waals surface area contributed by atoms with E-state index in [-0.39, 0.29) is 5.38 Å². The fourth-order valence-corrected chi connectivity index (χ4v) is 2.43. The molecule has 104 valence electrons. The molecule has 0 aliphatic carbocycles. The molecular formula is C13H12Cl2N4O. The van der Waals surface area contributed by atoms with Gasteiger partial charge in [-0.25, -0.2) is 9.97 Å². The zero-order valence-electron chi connectivity index (χ0n) is 11.0. The number of nitrogens with zero attached hydrogens (tertiary/aromatic N) is 4. The smallest absolute Gasteiger partial charge is 0.160 e. The molecular weight excluding hydrogens is 299 g/mol. The Morgan fingerprint density at radius 3 is 2.85 bits per heavy atom. The molecule has 0 aliphatic rings. The van der Waals surface area contributed by atoms with Gasteiger partial charge in [-0.2, -0.15) is 0 Å². The largest absolute Gasteiger partial charge is 0.359 e. The van der Waals surface area contributed by atoms with E-state index in [9.17, 15) is 0 Å². The van der Waals surface area contributed by atoms with E-state index in [0.717, 1.165) is 28.4 Å². The molecule has 0 N–H and O–H groups in total. The number of hydrogen-bond acceptors (Lipinski definition) is 4. The summed E-state index contributed by atoms with van der Waals surface area (Å²) >= 11 is 12.2. The van der Waals surface area contributed by atoms with Crippen molar-refractivity contribution < 1.29 is 4.52 Å². The SMILES string of the molecule is Cc1cc(Cn2c(C(C)Cl)nc3cc(Cl)cnc32)on1. The van der Waals surface area contributed by atoms with E-state index < -0.39 is 0 Å². The molecule has 7 heteroatoms. The molecule has 0 bridgehead atoms. The number of hydrogen-bond donors (Lipinski definition) is 0. The summed E-state index contributed by atoms with van der Waals surface area (Å²) < 4.78 is 7.17. The van der Waals surface area contributed by atoms with E-state index in [0.29, 0.717) is 11.6 Å². The highest BCUT2D eigenvalue weighted by molar-refractivity contribution is 6.31. The van der Waals surface area contributed by atoms with Crippen molar-refractivity contribution in [3.8, 4) is 0 Å². The van der Waals surface area contributed by atoms with Crippen LogP contribution in [0.15, 0.2) is 22.9 Å². The molecule has 3 heterocycles. The lowest BCUT2D eigenvalue weighted by Gasteiger charge is -2.07. The Labute approximate surface area is 125 Å². The Kier molecular flexibility index (Phi) is 3.40. The third-order valence-electron chi connectivity index (χ3n) is 2.93. The highest BCUT2D eigenvalue weighted by Gasteiger charge is 2.17. The lowest BCUT2D eigenvalue weighted by Crippen LogP contribution is -2.05. The lowest BCUT2D eigenvalue weighted by molar-refractivity contribution is 0.372. The number of alkyl halides is 1. The second-order valence-corrected chi connectivity index (χ2v) is 5.69. The van der Waals surface area contributed by atoms with Gasteiger partial charge in [-0.3, -0.25) is 0 Å².